The largest absolute Gasteiger partial charge is 0.454 e. The Kier molecular flexibility index (Phi) is 4.86. The number of thiocarbonyl (C=S) groups is 1. The number of nitrogens with one attached hydrogen (secondary N) is 1. The second-order valence-electron chi connectivity index (χ2n) is 7.82. The van der Waals surface area contributed by atoms with E-state index in [9.17, 15) is 9.59 Å². The maximum atomic E-state index is 13.1. The van der Waals surface area contributed by atoms with Gasteiger partial charge in [0.2, 0.25) is 17.8 Å². The van der Waals surface area contributed by atoms with Crippen molar-refractivity contribution >= 4 is 34.9 Å². The third-order valence-electron chi connectivity index (χ3n) is 5.82. The number of benzene rings is 1. The van der Waals surface area contributed by atoms with Gasteiger partial charge in [0.05, 0.1) is 12.3 Å². The first-order valence-electron chi connectivity index (χ1n) is 10.1. The second kappa shape index (κ2) is 7.68. The third kappa shape index (κ3) is 3.52. The zero-order valence-corrected chi connectivity index (χ0v) is 17.1. The van der Waals surface area contributed by atoms with Crippen molar-refractivity contribution in [2.45, 2.75) is 38.3 Å². The third-order valence-corrected chi connectivity index (χ3v) is 6.13. The molecule has 0 spiro atoms. The number of hydrogen-bond donors (Lipinski definition) is 1. The van der Waals surface area contributed by atoms with Crippen molar-refractivity contribution in [3.63, 3.8) is 0 Å². The maximum Gasteiger partial charge on any atom is 0.251 e. The summed E-state index contributed by atoms with van der Waals surface area (Å²) in [5, 5.41) is 3.31. The quantitative estimate of drug-likeness (QED) is 0.754. The number of carbonyl (C=O) groups is 2. The van der Waals surface area contributed by atoms with Gasteiger partial charge in [-0.2, -0.15) is 0 Å². The molecule has 2 aliphatic carbocycles. The fraction of sp³-hybridized carbons (Fsp3) is 0.364. The lowest BCUT2D eigenvalue weighted by molar-refractivity contribution is -0.129. The molecule has 1 unspecified atom stereocenters. The molecule has 1 saturated heterocycles. The molecule has 1 atom stereocenters. The summed E-state index contributed by atoms with van der Waals surface area (Å²) in [7, 11) is 0. The molecule has 0 bridgehead atoms. The number of amides is 2. The van der Waals surface area contributed by atoms with Gasteiger partial charge < -0.3 is 14.8 Å². The van der Waals surface area contributed by atoms with Crippen molar-refractivity contribution in [3.05, 3.63) is 59.1 Å². The fourth-order valence-corrected chi connectivity index (χ4v) is 4.42. The molecule has 7 nitrogen and oxygen atoms in total. The number of allylic oxidation sites excluding steroid dienone is 1. The molecule has 1 saturated carbocycles. The fourth-order valence-electron chi connectivity index (χ4n) is 4.16. The first kappa shape index (κ1) is 19.0. The van der Waals surface area contributed by atoms with E-state index in [4.69, 9.17) is 21.7 Å². The second-order valence-corrected chi connectivity index (χ2v) is 8.18. The SMILES string of the molecule is O=C(NC1CCCC1)c1ccc(CN2C(=O)C3C=C4OCOC4=CC3=NC2=S)cc1. The molecule has 1 aromatic carbocycles. The van der Waals surface area contributed by atoms with Gasteiger partial charge in [-0.3, -0.25) is 14.5 Å². The van der Waals surface area contributed by atoms with Crippen LogP contribution in [-0.4, -0.2) is 40.4 Å². The predicted octanol–water partition coefficient (Wildman–Crippen LogP) is 2.83. The van der Waals surface area contributed by atoms with E-state index in [1.807, 2.05) is 12.1 Å². The van der Waals surface area contributed by atoms with E-state index in [0.29, 0.717) is 29.3 Å². The van der Waals surface area contributed by atoms with Crippen LogP contribution in [0.1, 0.15) is 41.6 Å². The molecule has 2 aliphatic heterocycles. The van der Waals surface area contributed by atoms with E-state index in [0.717, 1.165) is 18.4 Å². The lowest BCUT2D eigenvalue weighted by atomic mass is 9.93. The molecule has 1 aromatic rings. The Hall–Kier alpha value is -3.00. The van der Waals surface area contributed by atoms with Gasteiger partial charge in [-0.1, -0.05) is 25.0 Å². The summed E-state index contributed by atoms with van der Waals surface area (Å²) in [6, 6.07) is 7.55. The molecule has 1 N–H and O–H groups in total. The number of carbonyl (C=O) groups excluding carboxylic acids is 2. The minimum absolute atomic E-state index is 0.0533. The lowest BCUT2D eigenvalue weighted by Gasteiger charge is -2.30. The predicted molar refractivity (Wildman–Crippen MR) is 113 cm³/mol. The Morgan fingerprint density at radius 2 is 1.90 bits per heavy atom. The number of nitrogens with zero attached hydrogens (tertiary/aromatic N) is 2. The van der Waals surface area contributed by atoms with Crippen LogP contribution in [0.25, 0.3) is 0 Å². The highest BCUT2D eigenvalue weighted by molar-refractivity contribution is 7.80. The van der Waals surface area contributed by atoms with Crippen LogP contribution >= 0.6 is 12.2 Å². The highest BCUT2D eigenvalue weighted by Crippen LogP contribution is 2.31. The monoisotopic (exact) mass is 423 g/mol. The molecule has 5 rings (SSSR count). The summed E-state index contributed by atoms with van der Waals surface area (Å²) in [6.07, 6.45) is 7.89. The summed E-state index contributed by atoms with van der Waals surface area (Å²) >= 11 is 5.37. The topological polar surface area (TPSA) is 80.2 Å². The van der Waals surface area contributed by atoms with E-state index < -0.39 is 5.92 Å². The van der Waals surface area contributed by atoms with Crippen LogP contribution in [-0.2, 0) is 20.8 Å². The molecule has 2 heterocycles. The van der Waals surface area contributed by atoms with Crippen LogP contribution < -0.4 is 5.32 Å². The van der Waals surface area contributed by atoms with Crippen LogP contribution in [0, 0.1) is 5.92 Å². The lowest BCUT2D eigenvalue weighted by Crippen LogP contribution is -2.45. The van der Waals surface area contributed by atoms with Crippen LogP contribution in [0.5, 0.6) is 0 Å². The highest BCUT2D eigenvalue weighted by atomic mass is 32.1. The minimum atomic E-state index is -0.534. The van der Waals surface area contributed by atoms with Crippen molar-refractivity contribution in [1.82, 2.24) is 10.2 Å². The van der Waals surface area contributed by atoms with Gasteiger partial charge in [0.1, 0.15) is 5.92 Å². The minimum Gasteiger partial charge on any atom is -0.454 e. The van der Waals surface area contributed by atoms with Gasteiger partial charge in [0.25, 0.3) is 5.91 Å². The Morgan fingerprint density at radius 1 is 1.17 bits per heavy atom. The molecule has 8 heteroatoms. The van der Waals surface area contributed by atoms with Gasteiger partial charge in [0.15, 0.2) is 11.5 Å². The zero-order chi connectivity index (χ0) is 20.7. The number of fused-ring (bicyclic) bond motifs is 2. The first-order valence-corrected chi connectivity index (χ1v) is 10.5. The Morgan fingerprint density at radius 3 is 2.67 bits per heavy atom. The molecule has 0 radical (unpaired) electrons. The van der Waals surface area contributed by atoms with E-state index in [-0.39, 0.29) is 29.8 Å². The average molecular weight is 423 g/mol. The van der Waals surface area contributed by atoms with Crippen LogP contribution in [0.15, 0.2) is 52.9 Å². The van der Waals surface area contributed by atoms with Gasteiger partial charge in [-0.25, -0.2) is 4.99 Å². The summed E-state index contributed by atoms with van der Waals surface area (Å²) < 4.78 is 10.8. The van der Waals surface area contributed by atoms with Crippen LogP contribution in [0.2, 0.25) is 0 Å². The Labute approximate surface area is 179 Å². The van der Waals surface area contributed by atoms with E-state index in [2.05, 4.69) is 10.3 Å². The van der Waals surface area contributed by atoms with Crippen molar-refractivity contribution in [1.29, 1.82) is 0 Å². The van der Waals surface area contributed by atoms with Gasteiger partial charge in [0, 0.05) is 17.7 Å². The van der Waals surface area contributed by atoms with Crippen molar-refractivity contribution < 1.29 is 19.1 Å². The molecule has 4 aliphatic rings. The van der Waals surface area contributed by atoms with Crippen LogP contribution in [0.3, 0.4) is 0 Å². The highest BCUT2D eigenvalue weighted by Gasteiger charge is 2.38. The number of rotatable bonds is 4. The van der Waals surface area contributed by atoms with E-state index in [1.165, 1.54) is 17.7 Å². The summed E-state index contributed by atoms with van der Waals surface area (Å²) in [5.74, 6) is 0.417. The standard InChI is InChI=1S/C22H21N3O4S/c26-20(23-15-3-1-2-4-15)14-7-5-13(6-8-14)11-25-21(27)16-9-18-19(29-12-28-18)10-17(16)24-22(25)30/h5-10,15-16H,1-4,11-12H2,(H,23,26). The molecular weight excluding hydrogens is 402 g/mol. The van der Waals surface area contributed by atoms with Gasteiger partial charge in [-0.05, 0) is 48.8 Å². The number of ether oxygens (including phenoxy) is 2. The van der Waals surface area contributed by atoms with Gasteiger partial charge >= 0.3 is 0 Å². The van der Waals surface area contributed by atoms with Crippen LogP contribution in [0.4, 0.5) is 0 Å². The first-order chi connectivity index (χ1) is 14.6. The average Bonchev–Trinajstić information content (AvgIpc) is 3.42. The molecule has 154 valence electrons. The number of hydrogen-bond acceptors (Lipinski definition) is 5. The Bertz CT molecular complexity index is 1010. The maximum absolute atomic E-state index is 13.1. The summed E-state index contributed by atoms with van der Waals surface area (Å²) in [6.45, 7) is 0.438. The van der Waals surface area contributed by atoms with E-state index >= 15 is 0 Å². The summed E-state index contributed by atoms with van der Waals surface area (Å²) in [4.78, 5) is 31.4. The Balaban J connectivity index is 1.29. The van der Waals surface area contributed by atoms with Crippen molar-refractivity contribution in [2.24, 2.45) is 10.9 Å². The van der Waals surface area contributed by atoms with Crippen molar-refractivity contribution in [2.75, 3.05) is 6.79 Å². The van der Waals surface area contributed by atoms with Gasteiger partial charge in [-0.15, -0.1) is 0 Å². The van der Waals surface area contributed by atoms with E-state index in [1.54, 1.807) is 24.3 Å². The smallest absolute Gasteiger partial charge is 0.251 e. The number of aliphatic imine (C=N–C) groups is 1. The molecule has 30 heavy (non-hydrogen) atoms. The summed E-state index contributed by atoms with van der Waals surface area (Å²) in [5.41, 5.74) is 2.07. The molecular formula is C22H21N3O4S. The zero-order valence-electron chi connectivity index (χ0n) is 16.3. The normalized spacial score (nSPS) is 23.0. The van der Waals surface area contributed by atoms with Crippen molar-refractivity contribution in [3.8, 4) is 0 Å². The molecule has 2 fully saturated rings. The molecule has 2 amide bonds. The molecule has 0 aromatic heterocycles.